The number of aliphatic carboxylic acids is 1. The molecule has 1 unspecified atom stereocenters. The second-order valence-corrected chi connectivity index (χ2v) is 6.52. The molecule has 0 aromatic rings. The average Bonchev–Trinajstić information content (AvgIpc) is 2.60. The fraction of sp³-hybridized carbons (Fsp3) is 0.750. The first-order valence-corrected chi connectivity index (χ1v) is 9.46. The van der Waals surface area contributed by atoms with Crippen LogP contribution in [0.1, 0.15) is 19.3 Å². The van der Waals surface area contributed by atoms with Gasteiger partial charge >= 0.3 is 5.97 Å². The van der Waals surface area contributed by atoms with Crippen molar-refractivity contribution in [3.63, 3.8) is 0 Å². The molecule has 0 radical (unpaired) electrons. The van der Waals surface area contributed by atoms with Crippen LogP contribution in [-0.4, -0.2) is 106 Å². The number of carboxylic acid groups (broad SMARTS) is 1. The zero-order chi connectivity index (χ0) is 19.8. The molecule has 150 valence electrons. The summed E-state index contributed by atoms with van der Waals surface area (Å²) in [6.45, 7) is 2.02. The van der Waals surface area contributed by atoms with Crippen molar-refractivity contribution in [2.24, 2.45) is 0 Å². The van der Waals surface area contributed by atoms with Gasteiger partial charge in [-0.25, -0.2) is 0 Å². The maximum absolute atomic E-state index is 11.9. The summed E-state index contributed by atoms with van der Waals surface area (Å²) < 4.78 is 0. The number of thiocarbonyl (C=S) groups is 2. The van der Waals surface area contributed by atoms with E-state index in [1.807, 2.05) is 0 Å². The average molecular weight is 408 g/mol. The molecule has 0 rings (SSSR count). The van der Waals surface area contributed by atoms with Gasteiger partial charge in [0.2, 0.25) is 5.91 Å². The van der Waals surface area contributed by atoms with Gasteiger partial charge < -0.3 is 25.5 Å². The predicted octanol–water partition coefficient (Wildman–Crippen LogP) is -0.686. The Kier molecular flexibility index (Phi) is 15.5. The molecule has 0 saturated heterocycles. The Hall–Kier alpha value is -1.04. The zero-order valence-electron chi connectivity index (χ0n) is 14.9. The van der Waals surface area contributed by atoms with E-state index in [2.05, 4.69) is 10.2 Å². The molecule has 26 heavy (non-hydrogen) atoms. The highest BCUT2D eigenvalue weighted by Gasteiger charge is 2.15. The largest absolute Gasteiger partial charge is 0.480 e. The molecule has 0 spiro atoms. The van der Waals surface area contributed by atoms with Gasteiger partial charge in [-0.2, -0.15) is 0 Å². The van der Waals surface area contributed by atoms with Crippen LogP contribution in [0.5, 0.6) is 0 Å². The summed E-state index contributed by atoms with van der Waals surface area (Å²) in [5.41, 5.74) is 0. The molecule has 1 amide bonds. The van der Waals surface area contributed by atoms with Crippen molar-refractivity contribution >= 4 is 47.0 Å². The standard InChI is InChI=1S/C16H29N3O5S2/c20-13-14(21)10-17-15(22)11-19(12-16(23)24)5-1-4-18(6-2-8-25)7-3-9-26/h8-9,14,20-21H,1-7,10-13H2,(H,17,22)(H,23,24). The lowest BCUT2D eigenvalue weighted by molar-refractivity contribution is -0.138. The minimum absolute atomic E-state index is 0.0703. The predicted molar refractivity (Wildman–Crippen MR) is 108 cm³/mol. The van der Waals surface area contributed by atoms with Gasteiger partial charge in [0.05, 0.1) is 25.8 Å². The highest BCUT2D eigenvalue weighted by molar-refractivity contribution is 7.79. The molecule has 0 saturated carbocycles. The van der Waals surface area contributed by atoms with Crippen molar-refractivity contribution in [1.29, 1.82) is 0 Å². The van der Waals surface area contributed by atoms with Gasteiger partial charge in [0, 0.05) is 26.2 Å². The van der Waals surface area contributed by atoms with Crippen LogP contribution in [0, 0.1) is 0 Å². The summed E-state index contributed by atoms with van der Waals surface area (Å²) in [5.74, 6) is -1.40. The summed E-state index contributed by atoms with van der Waals surface area (Å²) >= 11 is 9.70. The first-order chi connectivity index (χ1) is 12.4. The van der Waals surface area contributed by atoms with Gasteiger partial charge in [-0.3, -0.25) is 14.5 Å². The number of aliphatic hydroxyl groups excluding tert-OH is 2. The van der Waals surface area contributed by atoms with E-state index in [0.717, 1.165) is 32.5 Å². The number of carbonyl (C=O) groups excluding carboxylic acids is 1. The smallest absolute Gasteiger partial charge is 0.317 e. The number of amides is 1. The molecule has 10 heteroatoms. The van der Waals surface area contributed by atoms with Crippen molar-refractivity contribution in [3.8, 4) is 0 Å². The number of hydrogen-bond acceptors (Lipinski definition) is 8. The number of nitrogens with one attached hydrogen (secondary N) is 1. The quantitative estimate of drug-likeness (QED) is 0.233. The van der Waals surface area contributed by atoms with Crippen molar-refractivity contribution in [2.45, 2.75) is 25.4 Å². The van der Waals surface area contributed by atoms with E-state index in [9.17, 15) is 14.7 Å². The van der Waals surface area contributed by atoms with Crippen molar-refractivity contribution in [1.82, 2.24) is 15.1 Å². The molecule has 0 fully saturated rings. The number of hydrogen-bond donors (Lipinski definition) is 4. The monoisotopic (exact) mass is 407 g/mol. The molecule has 8 nitrogen and oxygen atoms in total. The van der Waals surface area contributed by atoms with Crippen molar-refractivity contribution < 1.29 is 24.9 Å². The molecule has 0 bridgehead atoms. The second kappa shape index (κ2) is 16.2. The third-order valence-electron chi connectivity index (χ3n) is 3.55. The van der Waals surface area contributed by atoms with E-state index >= 15 is 0 Å². The number of rotatable bonds is 17. The zero-order valence-corrected chi connectivity index (χ0v) is 16.5. The Balaban J connectivity index is 4.40. The molecule has 1 atom stereocenters. The lowest BCUT2D eigenvalue weighted by atomic mass is 10.3. The van der Waals surface area contributed by atoms with Crippen LogP contribution in [-0.2, 0) is 9.59 Å². The molecule has 0 aliphatic rings. The Morgan fingerprint density at radius 1 is 1.00 bits per heavy atom. The van der Waals surface area contributed by atoms with Gasteiger partial charge in [-0.15, -0.1) is 0 Å². The number of carbonyl (C=O) groups is 2. The Labute approximate surface area is 165 Å². The fourth-order valence-electron chi connectivity index (χ4n) is 2.28. The van der Waals surface area contributed by atoms with Gasteiger partial charge in [-0.05, 0) is 36.5 Å². The fourth-order valence-corrected chi connectivity index (χ4v) is 2.50. The van der Waals surface area contributed by atoms with Crippen molar-refractivity contribution in [3.05, 3.63) is 0 Å². The van der Waals surface area contributed by atoms with Crippen LogP contribution >= 0.6 is 24.4 Å². The number of nitrogens with zero attached hydrogens (tertiary/aromatic N) is 2. The van der Waals surface area contributed by atoms with Gasteiger partial charge in [0.25, 0.3) is 0 Å². The maximum atomic E-state index is 11.9. The van der Waals surface area contributed by atoms with Crippen molar-refractivity contribution in [2.75, 3.05) is 52.4 Å². The Morgan fingerprint density at radius 2 is 1.58 bits per heavy atom. The van der Waals surface area contributed by atoms with Crippen LogP contribution in [0.3, 0.4) is 0 Å². The lowest BCUT2D eigenvalue weighted by Gasteiger charge is -2.24. The highest BCUT2D eigenvalue weighted by Crippen LogP contribution is 1.99. The lowest BCUT2D eigenvalue weighted by Crippen LogP contribution is -2.43. The molecule has 0 heterocycles. The molecule has 0 aliphatic heterocycles. The minimum Gasteiger partial charge on any atom is -0.480 e. The first-order valence-electron chi connectivity index (χ1n) is 8.52. The Bertz CT molecular complexity index is 428. The topological polar surface area (TPSA) is 113 Å². The van der Waals surface area contributed by atoms with E-state index in [-0.39, 0.29) is 19.6 Å². The molecule has 0 aromatic carbocycles. The molecular weight excluding hydrogens is 378 g/mol. The molecule has 0 aliphatic carbocycles. The highest BCUT2D eigenvalue weighted by atomic mass is 32.1. The molecule has 4 N–H and O–H groups in total. The van der Waals surface area contributed by atoms with Crippen LogP contribution in [0.25, 0.3) is 0 Å². The molecular formula is C16H29N3O5S2. The van der Waals surface area contributed by atoms with E-state index in [4.69, 9.17) is 34.6 Å². The minimum atomic E-state index is -1.03. The number of aliphatic hydroxyl groups is 2. The second-order valence-electron chi connectivity index (χ2n) is 5.85. The number of carboxylic acids is 1. The van der Waals surface area contributed by atoms with Gasteiger partial charge in [-0.1, -0.05) is 24.4 Å². The van der Waals surface area contributed by atoms with Crippen LogP contribution < -0.4 is 5.32 Å². The summed E-state index contributed by atoms with van der Waals surface area (Å²) in [6.07, 6.45) is 1.26. The SMILES string of the molecule is O=C(O)CN(CCCN(CCC=S)CCC=S)CC(=O)NCC(O)CO. The Morgan fingerprint density at radius 3 is 2.08 bits per heavy atom. The summed E-state index contributed by atoms with van der Waals surface area (Å²) in [7, 11) is 0. The van der Waals surface area contributed by atoms with Gasteiger partial charge in [0.15, 0.2) is 0 Å². The molecule has 0 aromatic heterocycles. The first kappa shape index (κ1) is 25.0. The van der Waals surface area contributed by atoms with Crippen LogP contribution in [0.2, 0.25) is 0 Å². The third kappa shape index (κ3) is 14.2. The summed E-state index contributed by atoms with van der Waals surface area (Å²) in [5, 5.41) is 32.8. The normalized spacial score (nSPS) is 12.2. The van der Waals surface area contributed by atoms with E-state index in [1.165, 1.54) is 0 Å². The third-order valence-corrected chi connectivity index (χ3v) is 4.02. The summed E-state index contributed by atoms with van der Waals surface area (Å²) in [6, 6.07) is 0. The maximum Gasteiger partial charge on any atom is 0.317 e. The van der Waals surface area contributed by atoms with E-state index < -0.39 is 24.6 Å². The van der Waals surface area contributed by atoms with Gasteiger partial charge in [0.1, 0.15) is 0 Å². The summed E-state index contributed by atoms with van der Waals surface area (Å²) in [4.78, 5) is 26.6. The van der Waals surface area contributed by atoms with Crippen LogP contribution in [0.15, 0.2) is 0 Å². The van der Waals surface area contributed by atoms with E-state index in [1.54, 1.807) is 15.6 Å². The van der Waals surface area contributed by atoms with E-state index in [0.29, 0.717) is 13.0 Å². The van der Waals surface area contributed by atoms with Crippen LogP contribution in [0.4, 0.5) is 0 Å².